The molecule has 0 fully saturated rings. The van der Waals surface area contributed by atoms with Gasteiger partial charge >= 0.3 is 0 Å². The Balaban J connectivity index is 2.15. The topological polar surface area (TPSA) is 29.1 Å². The van der Waals surface area contributed by atoms with Crippen LogP contribution in [0.4, 0.5) is 5.69 Å². The van der Waals surface area contributed by atoms with E-state index in [1.165, 1.54) is 0 Å². The van der Waals surface area contributed by atoms with E-state index in [0.29, 0.717) is 0 Å². The minimum absolute atomic E-state index is 0.0421. The average molecular weight is 332 g/mol. The number of hydrogen-bond acceptors (Lipinski definition) is 1. The van der Waals surface area contributed by atoms with Crippen LogP contribution in [0.3, 0.4) is 0 Å². The first kappa shape index (κ1) is 14.8. The Labute approximate surface area is 128 Å². The van der Waals surface area contributed by atoms with Gasteiger partial charge in [-0.1, -0.05) is 53.2 Å². The summed E-state index contributed by atoms with van der Waals surface area (Å²) < 4.78 is 1.05. The van der Waals surface area contributed by atoms with Crippen molar-refractivity contribution in [3.8, 4) is 0 Å². The van der Waals surface area contributed by atoms with Gasteiger partial charge in [-0.05, 0) is 42.7 Å². The Kier molecular flexibility index (Phi) is 4.96. The molecule has 0 saturated heterocycles. The molecule has 0 aliphatic rings. The highest BCUT2D eigenvalue weighted by Gasteiger charge is 2.18. The molecule has 1 atom stereocenters. The average Bonchev–Trinajstić information content (AvgIpc) is 2.45. The first-order valence-electron chi connectivity index (χ1n) is 6.73. The van der Waals surface area contributed by atoms with Crippen LogP contribution in [0, 0.1) is 6.92 Å². The zero-order valence-corrected chi connectivity index (χ0v) is 13.3. The molecule has 0 saturated carbocycles. The van der Waals surface area contributed by atoms with Crippen LogP contribution in [0.5, 0.6) is 0 Å². The highest BCUT2D eigenvalue weighted by Crippen LogP contribution is 2.24. The zero-order chi connectivity index (χ0) is 14.5. The Hall–Kier alpha value is -1.61. The van der Waals surface area contributed by atoms with E-state index in [1.807, 2.05) is 62.4 Å². The van der Waals surface area contributed by atoms with Crippen LogP contribution in [-0.4, -0.2) is 5.91 Å². The zero-order valence-electron chi connectivity index (χ0n) is 11.7. The standard InChI is InChI=1S/C17H18BrNO/c1-3-15(13-7-5-4-6-8-13)17(20)19-14-9-10-16(18)12(2)11-14/h4-11,15H,3H2,1-2H3,(H,19,20)/t15-/m1/s1. The van der Waals surface area contributed by atoms with E-state index < -0.39 is 0 Å². The minimum atomic E-state index is -0.111. The number of aryl methyl sites for hydroxylation is 1. The second-order valence-corrected chi connectivity index (χ2v) is 5.68. The predicted octanol–water partition coefficient (Wildman–Crippen LogP) is 4.89. The van der Waals surface area contributed by atoms with E-state index in [2.05, 4.69) is 21.2 Å². The summed E-state index contributed by atoms with van der Waals surface area (Å²) in [4.78, 5) is 12.4. The number of halogens is 1. The SMILES string of the molecule is CC[C@@H](C(=O)Nc1ccc(Br)c(C)c1)c1ccccc1. The number of hydrogen-bond donors (Lipinski definition) is 1. The van der Waals surface area contributed by atoms with Gasteiger partial charge in [0.25, 0.3) is 0 Å². The van der Waals surface area contributed by atoms with Gasteiger partial charge in [0.1, 0.15) is 0 Å². The molecule has 0 bridgehead atoms. The predicted molar refractivity (Wildman–Crippen MR) is 87.0 cm³/mol. The fraction of sp³-hybridized carbons (Fsp3) is 0.235. The Bertz CT molecular complexity index is 595. The second-order valence-electron chi connectivity index (χ2n) is 4.82. The number of carbonyl (C=O) groups is 1. The molecule has 104 valence electrons. The molecule has 0 unspecified atom stereocenters. The number of amides is 1. The highest BCUT2D eigenvalue weighted by molar-refractivity contribution is 9.10. The van der Waals surface area contributed by atoms with Crippen LogP contribution in [0.2, 0.25) is 0 Å². The first-order valence-corrected chi connectivity index (χ1v) is 7.53. The van der Waals surface area contributed by atoms with Gasteiger partial charge in [-0.15, -0.1) is 0 Å². The third-order valence-electron chi connectivity index (χ3n) is 3.35. The summed E-state index contributed by atoms with van der Waals surface area (Å²) in [5, 5.41) is 3.00. The maximum Gasteiger partial charge on any atom is 0.231 e. The number of rotatable bonds is 4. The smallest absolute Gasteiger partial charge is 0.231 e. The molecule has 0 spiro atoms. The Morgan fingerprint density at radius 1 is 1.20 bits per heavy atom. The number of nitrogens with one attached hydrogen (secondary N) is 1. The Morgan fingerprint density at radius 3 is 2.50 bits per heavy atom. The second kappa shape index (κ2) is 6.71. The van der Waals surface area contributed by atoms with Gasteiger partial charge in [-0.25, -0.2) is 0 Å². The van der Waals surface area contributed by atoms with Crippen molar-refractivity contribution in [2.75, 3.05) is 5.32 Å². The van der Waals surface area contributed by atoms with E-state index in [-0.39, 0.29) is 11.8 Å². The van der Waals surface area contributed by atoms with Crippen molar-refractivity contribution in [3.05, 3.63) is 64.1 Å². The summed E-state index contributed by atoms with van der Waals surface area (Å²) in [6.07, 6.45) is 0.783. The summed E-state index contributed by atoms with van der Waals surface area (Å²) in [6, 6.07) is 15.7. The highest BCUT2D eigenvalue weighted by atomic mass is 79.9. The molecule has 0 aromatic heterocycles. The van der Waals surface area contributed by atoms with Crippen molar-refractivity contribution in [1.29, 1.82) is 0 Å². The molecule has 0 radical (unpaired) electrons. The van der Waals surface area contributed by atoms with Gasteiger partial charge in [-0.3, -0.25) is 4.79 Å². The molecule has 0 aliphatic carbocycles. The third kappa shape index (κ3) is 3.48. The van der Waals surface area contributed by atoms with Gasteiger partial charge in [0.05, 0.1) is 5.92 Å². The van der Waals surface area contributed by atoms with Crippen molar-refractivity contribution in [2.45, 2.75) is 26.2 Å². The summed E-state index contributed by atoms with van der Waals surface area (Å²) in [5.74, 6) is -0.0689. The van der Waals surface area contributed by atoms with Gasteiger partial charge in [-0.2, -0.15) is 0 Å². The summed E-state index contributed by atoms with van der Waals surface area (Å²) in [7, 11) is 0. The van der Waals surface area contributed by atoms with Crippen LogP contribution in [0.25, 0.3) is 0 Å². The van der Waals surface area contributed by atoms with Crippen LogP contribution in [0.1, 0.15) is 30.4 Å². The maximum absolute atomic E-state index is 12.4. The molecule has 2 aromatic rings. The van der Waals surface area contributed by atoms with Crippen molar-refractivity contribution < 1.29 is 4.79 Å². The molecule has 1 amide bonds. The molecule has 0 aliphatic heterocycles. The summed E-state index contributed by atoms with van der Waals surface area (Å²) >= 11 is 3.46. The molecule has 0 heterocycles. The molecule has 3 heteroatoms. The lowest BCUT2D eigenvalue weighted by atomic mass is 9.95. The van der Waals surface area contributed by atoms with Gasteiger partial charge < -0.3 is 5.32 Å². The van der Waals surface area contributed by atoms with Crippen LogP contribution in [0.15, 0.2) is 53.0 Å². The summed E-state index contributed by atoms with van der Waals surface area (Å²) in [6.45, 7) is 4.04. The summed E-state index contributed by atoms with van der Waals surface area (Å²) in [5.41, 5.74) is 3.00. The molecular weight excluding hydrogens is 314 g/mol. The lowest BCUT2D eigenvalue weighted by molar-refractivity contribution is -0.117. The van der Waals surface area contributed by atoms with Crippen LogP contribution >= 0.6 is 15.9 Å². The van der Waals surface area contributed by atoms with Crippen LogP contribution in [-0.2, 0) is 4.79 Å². The maximum atomic E-state index is 12.4. The quantitative estimate of drug-likeness (QED) is 0.849. The lowest BCUT2D eigenvalue weighted by Gasteiger charge is -2.16. The van der Waals surface area contributed by atoms with E-state index in [4.69, 9.17) is 0 Å². The number of carbonyl (C=O) groups excluding carboxylic acids is 1. The van der Waals surface area contributed by atoms with Crippen molar-refractivity contribution >= 4 is 27.5 Å². The fourth-order valence-corrected chi connectivity index (χ4v) is 2.46. The minimum Gasteiger partial charge on any atom is -0.326 e. The largest absolute Gasteiger partial charge is 0.326 e. The number of benzene rings is 2. The normalized spacial score (nSPS) is 11.9. The van der Waals surface area contributed by atoms with Gasteiger partial charge in [0.15, 0.2) is 0 Å². The van der Waals surface area contributed by atoms with E-state index in [0.717, 1.165) is 27.7 Å². The van der Waals surface area contributed by atoms with Gasteiger partial charge in [0.2, 0.25) is 5.91 Å². The van der Waals surface area contributed by atoms with Gasteiger partial charge in [0, 0.05) is 10.2 Å². The third-order valence-corrected chi connectivity index (χ3v) is 4.24. The van der Waals surface area contributed by atoms with Crippen LogP contribution < -0.4 is 5.32 Å². The molecule has 1 N–H and O–H groups in total. The van der Waals surface area contributed by atoms with Crippen molar-refractivity contribution in [1.82, 2.24) is 0 Å². The molecular formula is C17H18BrNO. The van der Waals surface area contributed by atoms with Crippen molar-refractivity contribution in [2.24, 2.45) is 0 Å². The van der Waals surface area contributed by atoms with E-state index in [9.17, 15) is 4.79 Å². The van der Waals surface area contributed by atoms with E-state index in [1.54, 1.807) is 0 Å². The first-order chi connectivity index (χ1) is 9.61. The molecule has 2 nitrogen and oxygen atoms in total. The van der Waals surface area contributed by atoms with E-state index >= 15 is 0 Å². The fourth-order valence-electron chi connectivity index (χ4n) is 2.21. The molecule has 2 aromatic carbocycles. The number of anilines is 1. The molecule has 2 rings (SSSR count). The monoisotopic (exact) mass is 331 g/mol. The molecule has 20 heavy (non-hydrogen) atoms. The lowest BCUT2D eigenvalue weighted by Crippen LogP contribution is -2.20. The van der Waals surface area contributed by atoms with Crippen molar-refractivity contribution in [3.63, 3.8) is 0 Å². The Morgan fingerprint density at radius 2 is 1.90 bits per heavy atom.